The van der Waals surface area contributed by atoms with E-state index < -0.39 is 11.6 Å². The molecule has 0 unspecified atom stereocenters. The third kappa shape index (κ3) is 2.22. The lowest BCUT2D eigenvalue weighted by atomic mass is 10.3. The van der Waals surface area contributed by atoms with Gasteiger partial charge in [0.15, 0.2) is 11.6 Å². The van der Waals surface area contributed by atoms with Gasteiger partial charge >= 0.3 is 0 Å². The summed E-state index contributed by atoms with van der Waals surface area (Å²) < 4.78 is 31.0. The average molecular weight is 318 g/mol. The van der Waals surface area contributed by atoms with Gasteiger partial charge in [0.25, 0.3) is 0 Å². The average Bonchev–Trinajstić information content (AvgIpc) is 2.09. The molecule has 0 aromatic heterocycles. The molecule has 0 aliphatic heterocycles. The molecular formula is C8H6ClF2IO. The van der Waals surface area contributed by atoms with Gasteiger partial charge in [-0.1, -0.05) is 11.6 Å². The minimum absolute atomic E-state index is 0.0139. The Morgan fingerprint density at radius 2 is 2.08 bits per heavy atom. The molecule has 0 spiro atoms. The van der Waals surface area contributed by atoms with Crippen molar-refractivity contribution in [2.24, 2.45) is 0 Å². The zero-order valence-corrected chi connectivity index (χ0v) is 9.62. The van der Waals surface area contributed by atoms with Crippen LogP contribution in [0.15, 0.2) is 6.07 Å². The van der Waals surface area contributed by atoms with Crippen molar-refractivity contribution in [3.05, 3.63) is 26.3 Å². The maximum atomic E-state index is 13.0. The van der Waals surface area contributed by atoms with Gasteiger partial charge in [-0.2, -0.15) is 0 Å². The Balaban J connectivity index is 3.26. The maximum absolute atomic E-state index is 13.0. The van der Waals surface area contributed by atoms with Crippen LogP contribution in [0.5, 0.6) is 5.75 Å². The highest BCUT2D eigenvalue weighted by Crippen LogP contribution is 2.33. The second-order valence-corrected chi connectivity index (χ2v) is 3.69. The van der Waals surface area contributed by atoms with E-state index in [0.717, 1.165) is 6.07 Å². The smallest absolute Gasteiger partial charge is 0.174 e. The molecule has 1 aromatic rings. The first-order valence-electron chi connectivity index (χ1n) is 3.53. The lowest BCUT2D eigenvalue weighted by molar-refractivity contribution is 0.320. The van der Waals surface area contributed by atoms with Crippen molar-refractivity contribution >= 4 is 34.2 Å². The molecule has 0 heterocycles. The van der Waals surface area contributed by atoms with Crippen molar-refractivity contribution in [1.82, 2.24) is 0 Å². The third-order valence-electron chi connectivity index (χ3n) is 1.36. The molecule has 13 heavy (non-hydrogen) atoms. The molecule has 0 fully saturated rings. The molecule has 5 heteroatoms. The summed E-state index contributed by atoms with van der Waals surface area (Å²) >= 11 is 7.37. The molecule has 0 saturated heterocycles. The minimum atomic E-state index is -0.773. The first kappa shape index (κ1) is 11.0. The van der Waals surface area contributed by atoms with Crippen LogP contribution in [0.2, 0.25) is 5.02 Å². The summed E-state index contributed by atoms with van der Waals surface area (Å²) in [7, 11) is 0. The number of halogens is 4. The Morgan fingerprint density at radius 3 is 2.62 bits per heavy atom. The molecule has 0 atom stereocenters. The molecule has 1 aromatic carbocycles. The van der Waals surface area contributed by atoms with Crippen LogP contribution in [0.3, 0.4) is 0 Å². The Hall–Kier alpha value is -0.100. The van der Waals surface area contributed by atoms with E-state index in [1.54, 1.807) is 29.5 Å². The van der Waals surface area contributed by atoms with Gasteiger partial charge in [0, 0.05) is 6.07 Å². The maximum Gasteiger partial charge on any atom is 0.174 e. The van der Waals surface area contributed by atoms with Crippen molar-refractivity contribution in [2.75, 3.05) is 6.61 Å². The van der Waals surface area contributed by atoms with Crippen LogP contribution < -0.4 is 4.74 Å². The zero-order valence-electron chi connectivity index (χ0n) is 6.70. The molecule has 0 saturated carbocycles. The van der Waals surface area contributed by atoms with E-state index in [0.29, 0.717) is 6.61 Å². The number of hydrogen-bond acceptors (Lipinski definition) is 1. The predicted octanol–water partition coefficient (Wildman–Crippen LogP) is 3.62. The van der Waals surface area contributed by atoms with Gasteiger partial charge in [-0.3, -0.25) is 0 Å². The van der Waals surface area contributed by atoms with Crippen LogP contribution in [0.4, 0.5) is 8.78 Å². The molecule has 0 aliphatic rings. The van der Waals surface area contributed by atoms with Crippen LogP contribution in [0.25, 0.3) is 0 Å². The molecule has 0 aliphatic carbocycles. The quantitative estimate of drug-likeness (QED) is 0.460. The summed E-state index contributed by atoms with van der Waals surface area (Å²) in [4.78, 5) is 0. The van der Waals surface area contributed by atoms with Gasteiger partial charge in [0.2, 0.25) is 0 Å². The standard InChI is InChI=1S/C8H6ClF2IO/c1-2-13-8-5(11)3-4(10)7(12)6(8)9/h3H,2H2,1H3. The second-order valence-electron chi connectivity index (χ2n) is 2.23. The Labute approximate surface area is 93.2 Å². The van der Waals surface area contributed by atoms with Gasteiger partial charge in [0.05, 0.1) is 10.2 Å². The fourth-order valence-electron chi connectivity index (χ4n) is 0.826. The van der Waals surface area contributed by atoms with E-state index in [4.69, 9.17) is 16.3 Å². The summed E-state index contributed by atoms with van der Waals surface area (Å²) in [6, 6.07) is 0.763. The fraction of sp³-hybridized carbons (Fsp3) is 0.250. The number of hydrogen-bond donors (Lipinski definition) is 0. The minimum Gasteiger partial charge on any atom is -0.489 e. The number of ether oxygens (including phenoxy) is 1. The molecule has 0 N–H and O–H groups in total. The van der Waals surface area contributed by atoms with Crippen LogP contribution in [-0.2, 0) is 0 Å². The van der Waals surface area contributed by atoms with Gasteiger partial charge in [-0.25, -0.2) is 8.78 Å². The highest BCUT2D eigenvalue weighted by molar-refractivity contribution is 14.1. The van der Waals surface area contributed by atoms with Crippen molar-refractivity contribution in [2.45, 2.75) is 6.92 Å². The summed E-state index contributed by atoms with van der Waals surface area (Å²) in [5, 5.41) is -0.0139. The van der Waals surface area contributed by atoms with Crippen molar-refractivity contribution in [3.63, 3.8) is 0 Å². The van der Waals surface area contributed by atoms with Gasteiger partial charge < -0.3 is 4.74 Å². The second kappa shape index (κ2) is 4.41. The van der Waals surface area contributed by atoms with Crippen molar-refractivity contribution in [3.8, 4) is 5.75 Å². The van der Waals surface area contributed by atoms with Crippen LogP contribution >= 0.6 is 34.2 Å². The van der Waals surface area contributed by atoms with E-state index in [-0.39, 0.29) is 14.3 Å². The normalized spacial score (nSPS) is 10.2. The molecule has 1 nitrogen and oxygen atoms in total. The lowest BCUT2D eigenvalue weighted by Gasteiger charge is -2.08. The predicted molar refractivity (Wildman–Crippen MR) is 55.3 cm³/mol. The number of rotatable bonds is 2. The van der Waals surface area contributed by atoms with Crippen molar-refractivity contribution < 1.29 is 13.5 Å². The molecule has 72 valence electrons. The Bertz CT molecular complexity index is 330. The SMILES string of the molecule is CCOc1c(F)cc(F)c(I)c1Cl. The first-order chi connectivity index (χ1) is 6.07. The van der Waals surface area contributed by atoms with E-state index >= 15 is 0 Å². The monoisotopic (exact) mass is 318 g/mol. The van der Waals surface area contributed by atoms with Gasteiger partial charge in [-0.05, 0) is 29.5 Å². The van der Waals surface area contributed by atoms with E-state index in [1.165, 1.54) is 0 Å². The van der Waals surface area contributed by atoms with Crippen molar-refractivity contribution in [1.29, 1.82) is 0 Å². The molecular weight excluding hydrogens is 312 g/mol. The van der Waals surface area contributed by atoms with Gasteiger partial charge in [0.1, 0.15) is 10.8 Å². The summed E-state index contributed by atoms with van der Waals surface area (Å²) in [5.41, 5.74) is 0. The van der Waals surface area contributed by atoms with E-state index in [1.807, 2.05) is 0 Å². The number of benzene rings is 1. The summed E-state index contributed by atoms with van der Waals surface area (Å²) in [6.45, 7) is 1.99. The fourth-order valence-corrected chi connectivity index (χ4v) is 1.46. The Kier molecular flexibility index (Phi) is 3.73. The largest absolute Gasteiger partial charge is 0.489 e. The van der Waals surface area contributed by atoms with Gasteiger partial charge in [-0.15, -0.1) is 0 Å². The van der Waals surface area contributed by atoms with Crippen LogP contribution in [0, 0.1) is 15.2 Å². The third-order valence-corrected chi connectivity index (χ3v) is 3.09. The summed E-state index contributed by atoms with van der Waals surface area (Å²) in [6.07, 6.45) is 0. The van der Waals surface area contributed by atoms with Crippen LogP contribution in [0.1, 0.15) is 6.92 Å². The lowest BCUT2D eigenvalue weighted by Crippen LogP contribution is -1.98. The topological polar surface area (TPSA) is 9.23 Å². The Morgan fingerprint density at radius 1 is 1.46 bits per heavy atom. The molecule has 0 radical (unpaired) electrons. The first-order valence-corrected chi connectivity index (χ1v) is 4.99. The van der Waals surface area contributed by atoms with Crippen LogP contribution in [-0.4, -0.2) is 6.61 Å². The molecule has 0 amide bonds. The summed E-state index contributed by atoms with van der Waals surface area (Å²) in [5.74, 6) is -1.54. The molecule has 0 bridgehead atoms. The highest BCUT2D eigenvalue weighted by atomic mass is 127. The highest BCUT2D eigenvalue weighted by Gasteiger charge is 2.16. The van der Waals surface area contributed by atoms with E-state index in [9.17, 15) is 8.78 Å². The zero-order chi connectivity index (χ0) is 10.0. The molecule has 1 rings (SSSR count). The van der Waals surface area contributed by atoms with E-state index in [2.05, 4.69) is 0 Å².